The summed E-state index contributed by atoms with van der Waals surface area (Å²) in [6, 6.07) is 13.0. The third-order valence-electron chi connectivity index (χ3n) is 5.58. The molecule has 1 saturated heterocycles. The fourth-order valence-electron chi connectivity index (χ4n) is 3.89. The summed E-state index contributed by atoms with van der Waals surface area (Å²) >= 11 is 0. The zero-order chi connectivity index (χ0) is 21.1. The first-order chi connectivity index (χ1) is 14.4. The van der Waals surface area contributed by atoms with Crippen molar-refractivity contribution in [2.24, 2.45) is 5.92 Å². The van der Waals surface area contributed by atoms with Crippen molar-refractivity contribution in [3.63, 3.8) is 0 Å². The average Bonchev–Trinajstić information content (AvgIpc) is 2.74. The molecule has 2 aromatic rings. The molecular formula is C22H26N2O5S. The van der Waals surface area contributed by atoms with E-state index >= 15 is 0 Å². The Kier molecular flexibility index (Phi) is 5.97. The van der Waals surface area contributed by atoms with Gasteiger partial charge < -0.3 is 14.8 Å². The maximum absolute atomic E-state index is 12.6. The van der Waals surface area contributed by atoms with E-state index in [9.17, 15) is 13.2 Å². The molecule has 0 spiro atoms. The van der Waals surface area contributed by atoms with Gasteiger partial charge in [-0.15, -0.1) is 0 Å². The fourth-order valence-corrected chi connectivity index (χ4v) is 4.77. The molecule has 4 rings (SSSR count). The number of carbonyl (C=O) groups is 1. The lowest BCUT2D eigenvalue weighted by molar-refractivity contribution is 0.102. The molecule has 0 bridgehead atoms. The van der Waals surface area contributed by atoms with Gasteiger partial charge in [0.05, 0.1) is 6.26 Å². The molecule has 7 nitrogen and oxygen atoms in total. The lowest BCUT2D eigenvalue weighted by Gasteiger charge is -2.30. The number of nitrogens with zero attached hydrogens (tertiary/aromatic N) is 1. The molecule has 1 amide bonds. The number of rotatable bonds is 5. The predicted octanol–water partition coefficient (Wildman–Crippen LogP) is 2.92. The Morgan fingerprint density at radius 2 is 1.70 bits per heavy atom. The lowest BCUT2D eigenvalue weighted by atomic mass is 9.91. The topological polar surface area (TPSA) is 84.9 Å². The zero-order valence-corrected chi connectivity index (χ0v) is 17.8. The van der Waals surface area contributed by atoms with Crippen LogP contribution in [-0.2, 0) is 16.4 Å². The van der Waals surface area contributed by atoms with Crippen molar-refractivity contribution in [2.75, 3.05) is 37.9 Å². The quantitative estimate of drug-likeness (QED) is 0.788. The molecule has 0 unspecified atom stereocenters. The van der Waals surface area contributed by atoms with E-state index in [2.05, 4.69) is 5.32 Å². The Morgan fingerprint density at radius 1 is 1.03 bits per heavy atom. The van der Waals surface area contributed by atoms with Crippen LogP contribution >= 0.6 is 0 Å². The van der Waals surface area contributed by atoms with Gasteiger partial charge in [-0.25, -0.2) is 12.7 Å². The molecule has 2 aliphatic heterocycles. The van der Waals surface area contributed by atoms with Gasteiger partial charge in [0, 0.05) is 30.4 Å². The highest BCUT2D eigenvalue weighted by molar-refractivity contribution is 7.88. The fraction of sp³-hybridized carbons (Fsp3) is 0.409. The van der Waals surface area contributed by atoms with E-state index in [0.29, 0.717) is 55.0 Å². The number of sulfonamides is 1. The van der Waals surface area contributed by atoms with Crippen LogP contribution in [-0.4, -0.2) is 51.2 Å². The van der Waals surface area contributed by atoms with E-state index in [1.165, 1.54) is 6.26 Å². The van der Waals surface area contributed by atoms with Crippen molar-refractivity contribution >= 4 is 21.6 Å². The molecule has 0 saturated carbocycles. The summed E-state index contributed by atoms with van der Waals surface area (Å²) in [5.41, 5.74) is 2.40. The van der Waals surface area contributed by atoms with Crippen LogP contribution < -0.4 is 14.8 Å². The molecule has 0 aromatic heterocycles. The van der Waals surface area contributed by atoms with E-state index < -0.39 is 10.0 Å². The first-order valence-corrected chi connectivity index (χ1v) is 12.0. The Balaban J connectivity index is 1.33. The molecule has 2 heterocycles. The molecule has 1 N–H and O–H groups in total. The molecular weight excluding hydrogens is 404 g/mol. The molecule has 30 heavy (non-hydrogen) atoms. The van der Waals surface area contributed by atoms with E-state index in [1.807, 2.05) is 24.3 Å². The van der Waals surface area contributed by atoms with Crippen LogP contribution in [0.2, 0.25) is 0 Å². The Hall–Kier alpha value is -2.58. The highest BCUT2D eigenvalue weighted by Gasteiger charge is 2.25. The van der Waals surface area contributed by atoms with Crippen LogP contribution in [0.5, 0.6) is 11.5 Å². The zero-order valence-electron chi connectivity index (χ0n) is 17.0. The van der Waals surface area contributed by atoms with Gasteiger partial charge >= 0.3 is 0 Å². The minimum Gasteiger partial charge on any atom is -0.486 e. The first kappa shape index (κ1) is 20.7. The van der Waals surface area contributed by atoms with Crippen molar-refractivity contribution in [3.8, 4) is 11.5 Å². The van der Waals surface area contributed by atoms with Crippen LogP contribution in [0.15, 0.2) is 42.5 Å². The second-order valence-electron chi connectivity index (χ2n) is 7.82. The second kappa shape index (κ2) is 8.65. The van der Waals surface area contributed by atoms with E-state index in [1.54, 1.807) is 22.5 Å². The van der Waals surface area contributed by atoms with E-state index in [0.717, 1.165) is 24.8 Å². The summed E-state index contributed by atoms with van der Waals surface area (Å²) in [6.07, 6.45) is 3.88. The molecule has 0 aliphatic carbocycles. The van der Waals surface area contributed by atoms with Gasteiger partial charge in [0.2, 0.25) is 10.0 Å². The number of ether oxygens (including phenoxy) is 2. The normalized spacial score (nSPS) is 17.5. The van der Waals surface area contributed by atoms with E-state index in [4.69, 9.17) is 9.47 Å². The number of hydrogen-bond donors (Lipinski definition) is 1. The first-order valence-electron chi connectivity index (χ1n) is 10.1. The maximum Gasteiger partial charge on any atom is 0.255 e. The van der Waals surface area contributed by atoms with Gasteiger partial charge in [-0.2, -0.15) is 0 Å². The number of amides is 1. The van der Waals surface area contributed by atoms with Gasteiger partial charge in [0.1, 0.15) is 13.2 Å². The number of benzene rings is 2. The summed E-state index contributed by atoms with van der Waals surface area (Å²) in [5, 5.41) is 2.89. The Morgan fingerprint density at radius 3 is 2.37 bits per heavy atom. The molecule has 8 heteroatoms. The van der Waals surface area contributed by atoms with Gasteiger partial charge in [0.25, 0.3) is 5.91 Å². The molecule has 160 valence electrons. The van der Waals surface area contributed by atoms with Gasteiger partial charge in [0.15, 0.2) is 11.5 Å². The standard InChI is InChI=1S/C22H26N2O5S/c1-30(26,27)24-10-8-17(9-11-24)14-16-2-4-18(5-3-16)22(25)23-19-6-7-20-21(15-19)29-13-12-28-20/h2-7,15,17H,8-14H2,1H3,(H,23,25). The minimum atomic E-state index is -3.09. The van der Waals surface area contributed by atoms with Crippen LogP contribution in [0.1, 0.15) is 28.8 Å². The Bertz CT molecular complexity index is 1010. The van der Waals surface area contributed by atoms with Crippen LogP contribution in [0.3, 0.4) is 0 Å². The molecule has 2 aromatic carbocycles. The largest absolute Gasteiger partial charge is 0.486 e. The number of anilines is 1. The third kappa shape index (κ3) is 4.94. The van der Waals surface area contributed by atoms with Crippen molar-refractivity contribution in [1.29, 1.82) is 0 Å². The van der Waals surface area contributed by atoms with Crippen molar-refractivity contribution in [1.82, 2.24) is 4.31 Å². The predicted molar refractivity (Wildman–Crippen MR) is 115 cm³/mol. The number of fused-ring (bicyclic) bond motifs is 1. The SMILES string of the molecule is CS(=O)(=O)N1CCC(Cc2ccc(C(=O)Nc3ccc4c(c3)OCCO4)cc2)CC1. The summed E-state index contributed by atoms with van der Waals surface area (Å²) in [7, 11) is -3.09. The summed E-state index contributed by atoms with van der Waals surface area (Å²) in [4.78, 5) is 12.6. The number of nitrogens with one attached hydrogen (secondary N) is 1. The van der Waals surface area contributed by atoms with Crippen LogP contribution in [0.4, 0.5) is 5.69 Å². The highest BCUT2D eigenvalue weighted by Crippen LogP contribution is 2.32. The maximum atomic E-state index is 12.6. The number of hydrogen-bond acceptors (Lipinski definition) is 5. The van der Waals surface area contributed by atoms with Crippen molar-refractivity contribution < 1.29 is 22.7 Å². The number of carbonyl (C=O) groups excluding carboxylic acids is 1. The Labute approximate surface area is 177 Å². The van der Waals surface area contributed by atoms with Gasteiger partial charge in [-0.1, -0.05) is 12.1 Å². The summed E-state index contributed by atoms with van der Waals surface area (Å²) in [5.74, 6) is 1.60. The highest BCUT2D eigenvalue weighted by atomic mass is 32.2. The molecule has 0 atom stereocenters. The van der Waals surface area contributed by atoms with E-state index in [-0.39, 0.29) is 5.91 Å². The lowest BCUT2D eigenvalue weighted by Crippen LogP contribution is -2.38. The van der Waals surface area contributed by atoms with Crippen LogP contribution in [0, 0.1) is 5.92 Å². The smallest absolute Gasteiger partial charge is 0.255 e. The van der Waals surface area contributed by atoms with Gasteiger partial charge in [-0.3, -0.25) is 4.79 Å². The van der Waals surface area contributed by atoms with Crippen LogP contribution in [0.25, 0.3) is 0 Å². The van der Waals surface area contributed by atoms with Crippen molar-refractivity contribution in [2.45, 2.75) is 19.3 Å². The second-order valence-corrected chi connectivity index (χ2v) is 9.80. The molecule has 0 radical (unpaired) electrons. The monoisotopic (exact) mass is 430 g/mol. The summed E-state index contributed by atoms with van der Waals surface area (Å²) in [6.45, 7) is 2.19. The molecule has 1 fully saturated rings. The molecule has 2 aliphatic rings. The average molecular weight is 431 g/mol. The number of piperidine rings is 1. The third-order valence-corrected chi connectivity index (χ3v) is 6.89. The van der Waals surface area contributed by atoms with Gasteiger partial charge in [-0.05, 0) is 55.0 Å². The van der Waals surface area contributed by atoms with Crippen molar-refractivity contribution in [3.05, 3.63) is 53.6 Å². The summed E-state index contributed by atoms with van der Waals surface area (Å²) < 4.78 is 35.9. The minimum absolute atomic E-state index is 0.181.